The highest BCUT2D eigenvalue weighted by Crippen LogP contribution is 2.29. The molecule has 0 bridgehead atoms. The molecule has 0 unspecified atom stereocenters. The van der Waals surface area contributed by atoms with E-state index in [2.05, 4.69) is 16.6 Å². The summed E-state index contributed by atoms with van der Waals surface area (Å²) in [5.74, 6) is 0.986. The maximum atomic E-state index is 12.7. The lowest BCUT2D eigenvalue weighted by atomic mass is 10.1. The molecule has 2 amide bonds. The minimum Gasteiger partial charge on any atom is -0.341 e. The van der Waals surface area contributed by atoms with E-state index in [-0.39, 0.29) is 23.4 Å². The molecule has 0 aromatic heterocycles. The number of carbonyl (C=O) groups is 2. The number of hydrogen-bond donors (Lipinski definition) is 2. The molecule has 0 spiro atoms. The van der Waals surface area contributed by atoms with Crippen LogP contribution in [0.25, 0.3) is 0 Å². The standard InChI is InChI=1S/C18H13F3N2O2/c1-2-10-22-17(25)14-8-3-4-9-15(14)23-16(24)12-6-5-7-13(11-12)18(19,20)21/h1,3-9,11H,10H2,(H,22,25)(H,23,24). The predicted molar refractivity (Wildman–Crippen MR) is 87.0 cm³/mol. The van der Waals surface area contributed by atoms with Gasteiger partial charge in [0.1, 0.15) is 0 Å². The van der Waals surface area contributed by atoms with Gasteiger partial charge in [-0.15, -0.1) is 6.42 Å². The third kappa shape index (κ3) is 4.61. The number of terminal acetylenes is 1. The molecule has 0 radical (unpaired) electrons. The fraction of sp³-hybridized carbons (Fsp3) is 0.111. The van der Waals surface area contributed by atoms with Crippen LogP contribution in [0, 0.1) is 12.3 Å². The van der Waals surface area contributed by atoms with E-state index in [1.54, 1.807) is 12.1 Å². The van der Waals surface area contributed by atoms with Crippen LogP contribution >= 0.6 is 0 Å². The van der Waals surface area contributed by atoms with Gasteiger partial charge in [0.2, 0.25) is 0 Å². The van der Waals surface area contributed by atoms with Crippen LogP contribution in [0.1, 0.15) is 26.3 Å². The van der Waals surface area contributed by atoms with Gasteiger partial charge in [0.15, 0.2) is 0 Å². The van der Waals surface area contributed by atoms with Crippen LogP contribution < -0.4 is 10.6 Å². The van der Waals surface area contributed by atoms with E-state index in [0.29, 0.717) is 0 Å². The molecule has 0 aliphatic rings. The topological polar surface area (TPSA) is 58.2 Å². The number of halogens is 3. The van der Waals surface area contributed by atoms with Crippen LogP contribution in [0.4, 0.5) is 18.9 Å². The second-order valence-electron chi connectivity index (χ2n) is 4.97. The van der Waals surface area contributed by atoms with Crippen molar-refractivity contribution in [3.05, 3.63) is 65.2 Å². The van der Waals surface area contributed by atoms with Gasteiger partial charge in [-0.05, 0) is 30.3 Å². The summed E-state index contributed by atoms with van der Waals surface area (Å²) in [6.45, 7) is 0.00867. The van der Waals surface area contributed by atoms with Crippen molar-refractivity contribution in [2.45, 2.75) is 6.18 Å². The van der Waals surface area contributed by atoms with Crippen molar-refractivity contribution >= 4 is 17.5 Å². The largest absolute Gasteiger partial charge is 0.416 e. The molecule has 0 aliphatic heterocycles. The van der Waals surface area contributed by atoms with Crippen molar-refractivity contribution in [2.24, 2.45) is 0 Å². The maximum absolute atomic E-state index is 12.7. The molecule has 2 aromatic rings. The van der Waals surface area contributed by atoms with Gasteiger partial charge in [0.05, 0.1) is 23.4 Å². The molecule has 4 nitrogen and oxygen atoms in total. The predicted octanol–water partition coefficient (Wildman–Crippen LogP) is 3.32. The van der Waals surface area contributed by atoms with E-state index in [1.165, 1.54) is 18.2 Å². The van der Waals surface area contributed by atoms with E-state index in [9.17, 15) is 22.8 Å². The lowest BCUT2D eigenvalue weighted by Crippen LogP contribution is -2.25. The first-order valence-electron chi connectivity index (χ1n) is 7.12. The minimum absolute atomic E-state index is 0.00867. The summed E-state index contributed by atoms with van der Waals surface area (Å²) in [7, 11) is 0. The van der Waals surface area contributed by atoms with Crippen molar-refractivity contribution in [1.82, 2.24) is 5.32 Å². The molecule has 128 valence electrons. The number of carbonyl (C=O) groups excluding carboxylic acids is 2. The Balaban J connectivity index is 2.25. The van der Waals surface area contributed by atoms with Gasteiger partial charge in [-0.3, -0.25) is 9.59 Å². The molecule has 0 aliphatic carbocycles. The lowest BCUT2D eigenvalue weighted by Gasteiger charge is -2.12. The highest BCUT2D eigenvalue weighted by molar-refractivity contribution is 6.09. The molecular weight excluding hydrogens is 333 g/mol. The van der Waals surface area contributed by atoms with Gasteiger partial charge in [-0.25, -0.2) is 0 Å². The first kappa shape index (κ1) is 18.1. The lowest BCUT2D eigenvalue weighted by molar-refractivity contribution is -0.137. The first-order chi connectivity index (χ1) is 11.8. The Morgan fingerprint density at radius 2 is 1.76 bits per heavy atom. The molecule has 2 N–H and O–H groups in total. The Morgan fingerprint density at radius 3 is 2.44 bits per heavy atom. The van der Waals surface area contributed by atoms with Crippen molar-refractivity contribution < 1.29 is 22.8 Å². The van der Waals surface area contributed by atoms with E-state index in [4.69, 9.17) is 6.42 Å². The summed E-state index contributed by atoms with van der Waals surface area (Å²) in [5.41, 5.74) is -0.786. The molecule has 2 aromatic carbocycles. The number of para-hydroxylation sites is 1. The van der Waals surface area contributed by atoms with Crippen LogP contribution in [0.3, 0.4) is 0 Å². The number of rotatable bonds is 4. The maximum Gasteiger partial charge on any atom is 0.416 e. The van der Waals surface area contributed by atoms with Crippen LogP contribution in [0.2, 0.25) is 0 Å². The zero-order chi connectivity index (χ0) is 18.4. The fourth-order valence-electron chi connectivity index (χ4n) is 2.05. The molecule has 7 heteroatoms. The second kappa shape index (κ2) is 7.53. The summed E-state index contributed by atoms with van der Waals surface area (Å²) in [4.78, 5) is 24.3. The molecule has 25 heavy (non-hydrogen) atoms. The third-order valence-electron chi connectivity index (χ3n) is 3.22. The second-order valence-corrected chi connectivity index (χ2v) is 4.97. The van der Waals surface area contributed by atoms with Crippen LogP contribution in [-0.2, 0) is 6.18 Å². The Bertz CT molecular complexity index is 839. The number of alkyl halides is 3. The monoisotopic (exact) mass is 346 g/mol. The molecule has 2 rings (SSSR count). The van der Waals surface area contributed by atoms with E-state index < -0.39 is 23.6 Å². The average molecular weight is 346 g/mol. The van der Waals surface area contributed by atoms with Crippen LogP contribution in [0.15, 0.2) is 48.5 Å². The van der Waals surface area contributed by atoms with Crippen molar-refractivity contribution in [3.63, 3.8) is 0 Å². The Labute approximate surface area is 142 Å². The Kier molecular flexibility index (Phi) is 5.45. The summed E-state index contributed by atoms with van der Waals surface area (Å²) < 4.78 is 38.2. The number of anilines is 1. The van der Waals surface area contributed by atoms with E-state index >= 15 is 0 Å². The van der Waals surface area contributed by atoms with E-state index in [0.717, 1.165) is 18.2 Å². The van der Waals surface area contributed by atoms with Crippen molar-refractivity contribution in [1.29, 1.82) is 0 Å². The van der Waals surface area contributed by atoms with Crippen LogP contribution in [0.5, 0.6) is 0 Å². The van der Waals surface area contributed by atoms with Gasteiger partial charge < -0.3 is 10.6 Å². The zero-order valence-corrected chi connectivity index (χ0v) is 12.9. The summed E-state index contributed by atoms with van der Waals surface area (Å²) >= 11 is 0. The minimum atomic E-state index is -4.55. The Hall–Kier alpha value is -3.27. The fourth-order valence-corrected chi connectivity index (χ4v) is 2.05. The number of nitrogens with one attached hydrogen (secondary N) is 2. The SMILES string of the molecule is C#CCNC(=O)c1ccccc1NC(=O)c1cccc(C(F)(F)F)c1. The highest BCUT2D eigenvalue weighted by Gasteiger charge is 2.31. The smallest absolute Gasteiger partial charge is 0.341 e. The molecule has 0 fully saturated rings. The Morgan fingerprint density at radius 1 is 1.04 bits per heavy atom. The van der Waals surface area contributed by atoms with Gasteiger partial charge in [0.25, 0.3) is 11.8 Å². The van der Waals surface area contributed by atoms with Gasteiger partial charge in [-0.1, -0.05) is 24.1 Å². The highest BCUT2D eigenvalue weighted by atomic mass is 19.4. The van der Waals surface area contributed by atoms with Gasteiger partial charge in [-0.2, -0.15) is 13.2 Å². The van der Waals surface area contributed by atoms with Crippen LogP contribution in [-0.4, -0.2) is 18.4 Å². The quantitative estimate of drug-likeness (QED) is 0.835. The number of amides is 2. The molecule has 0 heterocycles. The summed E-state index contributed by atoms with van der Waals surface area (Å²) in [5, 5.41) is 4.90. The molecular formula is C18H13F3N2O2. The number of hydrogen-bond acceptors (Lipinski definition) is 2. The van der Waals surface area contributed by atoms with Gasteiger partial charge in [0, 0.05) is 5.56 Å². The summed E-state index contributed by atoms with van der Waals surface area (Å²) in [6.07, 6.45) is 0.520. The first-order valence-corrected chi connectivity index (χ1v) is 7.12. The molecule has 0 saturated heterocycles. The van der Waals surface area contributed by atoms with E-state index in [1.807, 2.05) is 0 Å². The average Bonchev–Trinajstić information content (AvgIpc) is 2.59. The zero-order valence-electron chi connectivity index (χ0n) is 12.9. The normalized spacial score (nSPS) is 10.6. The molecule has 0 atom stereocenters. The third-order valence-corrected chi connectivity index (χ3v) is 3.22. The van der Waals surface area contributed by atoms with Gasteiger partial charge >= 0.3 is 6.18 Å². The van der Waals surface area contributed by atoms with Crippen molar-refractivity contribution in [3.8, 4) is 12.3 Å². The molecule has 0 saturated carbocycles. The van der Waals surface area contributed by atoms with Crippen molar-refractivity contribution in [2.75, 3.05) is 11.9 Å². The summed E-state index contributed by atoms with van der Waals surface area (Å²) in [6, 6.07) is 10.1. The number of benzene rings is 2.